The highest BCUT2D eigenvalue weighted by molar-refractivity contribution is 5.79. The Morgan fingerprint density at radius 3 is 2.58 bits per heavy atom. The van der Waals surface area contributed by atoms with Crippen LogP contribution in [0.15, 0.2) is 35.3 Å². The van der Waals surface area contributed by atoms with Crippen molar-refractivity contribution >= 4 is 5.96 Å². The van der Waals surface area contributed by atoms with E-state index in [1.54, 1.807) is 0 Å². The number of hydrogen-bond donors (Lipinski definition) is 2. The molecule has 0 fully saturated rings. The van der Waals surface area contributed by atoms with Crippen molar-refractivity contribution in [1.29, 1.82) is 0 Å². The Balaban J connectivity index is 2.34. The van der Waals surface area contributed by atoms with E-state index in [0.29, 0.717) is 6.04 Å². The summed E-state index contributed by atoms with van der Waals surface area (Å²) in [5.41, 5.74) is 1.39. The standard InChI is InChI=1S/C16H27N3/c1-4-14(3)19-16(17-5-2)18-13-9-12-15-10-7-6-8-11-15/h6-8,10-11,14H,4-5,9,12-13H2,1-3H3,(H2,17,18,19). The SMILES string of the molecule is CCNC(=NCCCc1ccccc1)NC(C)CC. The fourth-order valence-electron chi connectivity index (χ4n) is 1.77. The predicted octanol–water partition coefficient (Wildman–Crippen LogP) is 2.97. The Hall–Kier alpha value is -1.51. The second-order valence-electron chi connectivity index (χ2n) is 4.80. The Morgan fingerprint density at radius 1 is 1.21 bits per heavy atom. The number of benzene rings is 1. The number of hydrogen-bond acceptors (Lipinski definition) is 1. The van der Waals surface area contributed by atoms with Crippen LogP contribution in [0.2, 0.25) is 0 Å². The third kappa shape index (κ3) is 6.85. The van der Waals surface area contributed by atoms with E-state index in [4.69, 9.17) is 0 Å². The molecule has 0 amide bonds. The van der Waals surface area contributed by atoms with E-state index in [1.165, 1.54) is 5.56 Å². The lowest BCUT2D eigenvalue weighted by Gasteiger charge is -2.16. The average molecular weight is 261 g/mol. The highest BCUT2D eigenvalue weighted by atomic mass is 15.2. The van der Waals surface area contributed by atoms with Crippen molar-refractivity contribution in [3.05, 3.63) is 35.9 Å². The van der Waals surface area contributed by atoms with Gasteiger partial charge in [-0.2, -0.15) is 0 Å². The smallest absolute Gasteiger partial charge is 0.191 e. The molecule has 106 valence electrons. The van der Waals surface area contributed by atoms with Crippen LogP contribution in [0.5, 0.6) is 0 Å². The minimum Gasteiger partial charge on any atom is -0.357 e. The molecule has 0 bridgehead atoms. The molecule has 1 atom stereocenters. The van der Waals surface area contributed by atoms with Gasteiger partial charge in [0.05, 0.1) is 0 Å². The first-order valence-electron chi connectivity index (χ1n) is 7.35. The molecule has 0 saturated heterocycles. The number of nitrogens with zero attached hydrogens (tertiary/aromatic N) is 1. The lowest BCUT2D eigenvalue weighted by Crippen LogP contribution is -2.42. The van der Waals surface area contributed by atoms with Gasteiger partial charge in [0.25, 0.3) is 0 Å². The molecule has 0 heterocycles. The third-order valence-corrected chi connectivity index (χ3v) is 3.08. The van der Waals surface area contributed by atoms with E-state index in [9.17, 15) is 0 Å². The maximum Gasteiger partial charge on any atom is 0.191 e. The number of rotatable bonds is 7. The summed E-state index contributed by atoms with van der Waals surface area (Å²) in [7, 11) is 0. The molecule has 19 heavy (non-hydrogen) atoms. The van der Waals surface area contributed by atoms with Crippen LogP contribution >= 0.6 is 0 Å². The number of aliphatic imine (C=N–C) groups is 1. The van der Waals surface area contributed by atoms with E-state index in [0.717, 1.165) is 38.3 Å². The highest BCUT2D eigenvalue weighted by Crippen LogP contribution is 2.02. The van der Waals surface area contributed by atoms with Crippen LogP contribution in [-0.2, 0) is 6.42 Å². The molecule has 0 saturated carbocycles. The summed E-state index contributed by atoms with van der Waals surface area (Å²) in [5, 5.41) is 6.69. The topological polar surface area (TPSA) is 36.4 Å². The summed E-state index contributed by atoms with van der Waals surface area (Å²) in [4.78, 5) is 4.61. The molecule has 2 N–H and O–H groups in total. The molecule has 0 aliphatic rings. The minimum atomic E-state index is 0.465. The molecule has 1 rings (SSSR count). The maximum atomic E-state index is 4.61. The van der Waals surface area contributed by atoms with Gasteiger partial charge >= 0.3 is 0 Å². The van der Waals surface area contributed by atoms with Crippen LogP contribution in [0.1, 0.15) is 39.2 Å². The van der Waals surface area contributed by atoms with Crippen molar-refractivity contribution in [2.75, 3.05) is 13.1 Å². The van der Waals surface area contributed by atoms with Gasteiger partial charge in [-0.15, -0.1) is 0 Å². The van der Waals surface area contributed by atoms with Crippen molar-refractivity contribution < 1.29 is 0 Å². The number of guanidine groups is 1. The van der Waals surface area contributed by atoms with Crippen LogP contribution < -0.4 is 10.6 Å². The Bertz CT molecular complexity index is 360. The van der Waals surface area contributed by atoms with Crippen molar-refractivity contribution in [2.45, 2.75) is 46.1 Å². The number of aryl methyl sites for hydroxylation is 1. The second-order valence-corrected chi connectivity index (χ2v) is 4.80. The Kier molecular flexibility index (Phi) is 7.71. The molecule has 3 heteroatoms. The summed E-state index contributed by atoms with van der Waals surface area (Å²) in [5.74, 6) is 0.935. The molecule has 0 spiro atoms. The van der Waals surface area contributed by atoms with Crippen molar-refractivity contribution in [1.82, 2.24) is 10.6 Å². The normalized spacial score (nSPS) is 13.1. The van der Waals surface area contributed by atoms with Crippen LogP contribution in [0.4, 0.5) is 0 Å². The molecule has 1 aromatic rings. The van der Waals surface area contributed by atoms with E-state index < -0.39 is 0 Å². The molecular weight excluding hydrogens is 234 g/mol. The Labute approximate surface area is 117 Å². The van der Waals surface area contributed by atoms with E-state index >= 15 is 0 Å². The predicted molar refractivity (Wildman–Crippen MR) is 83.6 cm³/mol. The monoisotopic (exact) mass is 261 g/mol. The van der Waals surface area contributed by atoms with Gasteiger partial charge in [-0.05, 0) is 38.7 Å². The average Bonchev–Trinajstić information content (AvgIpc) is 2.44. The lowest BCUT2D eigenvalue weighted by atomic mass is 10.1. The summed E-state index contributed by atoms with van der Waals surface area (Å²) in [6.45, 7) is 8.22. The lowest BCUT2D eigenvalue weighted by molar-refractivity contribution is 0.623. The zero-order valence-electron chi connectivity index (χ0n) is 12.4. The molecule has 1 unspecified atom stereocenters. The molecule has 0 aromatic heterocycles. The van der Waals surface area contributed by atoms with Gasteiger partial charge < -0.3 is 10.6 Å². The van der Waals surface area contributed by atoms with Crippen LogP contribution in [0.25, 0.3) is 0 Å². The van der Waals surface area contributed by atoms with Crippen LogP contribution in [0, 0.1) is 0 Å². The minimum absolute atomic E-state index is 0.465. The highest BCUT2D eigenvalue weighted by Gasteiger charge is 2.01. The second kappa shape index (κ2) is 9.42. The largest absolute Gasteiger partial charge is 0.357 e. The van der Waals surface area contributed by atoms with Gasteiger partial charge in [0.1, 0.15) is 0 Å². The molecule has 1 aromatic carbocycles. The van der Waals surface area contributed by atoms with Crippen LogP contribution in [-0.4, -0.2) is 25.1 Å². The first-order chi connectivity index (χ1) is 9.26. The van der Waals surface area contributed by atoms with Gasteiger partial charge in [0.2, 0.25) is 0 Å². The van der Waals surface area contributed by atoms with Crippen molar-refractivity contribution in [3.8, 4) is 0 Å². The fraction of sp³-hybridized carbons (Fsp3) is 0.562. The summed E-state index contributed by atoms with van der Waals surface area (Å²) >= 11 is 0. The zero-order chi connectivity index (χ0) is 13.9. The zero-order valence-corrected chi connectivity index (χ0v) is 12.4. The van der Waals surface area contributed by atoms with Gasteiger partial charge in [-0.1, -0.05) is 37.3 Å². The summed E-state index contributed by atoms with van der Waals surface area (Å²) in [6, 6.07) is 11.0. The van der Waals surface area contributed by atoms with E-state index in [1.807, 2.05) is 0 Å². The van der Waals surface area contributed by atoms with Gasteiger partial charge in [0.15, 0.2) is 5.96 Å². The first-order valence-corrected chi connectivity index (χ1v) is 7.35. The third-order valence-electron chi connectivity index (χ3n) is 3.08. The van der Waals surface area contributed by atoms with Crippen molar-refractivity contribution in [3.63, 3.8) is 0 Å². The van der Waals surface area contributed by atoms with Crippen LogP contribution in [0.3, 0.4) is 0 Å². The molecule has 0 radical (unpaired) electrons. The van der Waals surface area contributed by atoms with Gasteiger partial charge in [-0.3, -0.25) is 4.99 Å². The van der Waals surface area contributed by atoms with E-state index in [2.05, 4.69) is 66.7 Å². The quantitative estimate of drug-likeness (QED) is 0.450. The van der Waals surface area contributed by atoms with Crippen molar-refractivity contribution in [2.24, 2.45) is 4.99 Å². The molecule has 3 nitrogen and oxygen atoms in total. The van der Waals surface area contributed by atoms with Gasteiger partial charge in [-0.25, -0.2) is 0 Å². The van der Waals surface area contributed by atoms with Gasteiger partial charge in [0, 0.05) is 19.1 Å². The first kappa shape index (κ1) is 15.5. The molecular formula is C16H27N3. The summed E-state index contributed by atoms with van der Waals surface area (Å²) in [6.07, 6.45) is 3.28. The number of nitrogens with one attached hydrogen (secondary N) is 2. The Morgan fingerprint density at radius 2 is 1.95 bits per heavy atom. The molecule has 0 aliphatic carbocycles. The summed E-state index contributed by atoms with van der Waals surface area (Å²) < 4.78 is 0. The fourth-order valence-corrected chi connectivity index (χ4v) is 1.77. The molecule has 0 aliphatic heterocycles. The maximum absolute atomic E-state index is 4.61. The van der Waals surface area contributed by atoms with E-state index in [-0.39, 0.29) is 0 Å².